The normalized spacial score (nSPS) is 14.3. The largest absolute Gasteiger partial charge is 0.496 e. The summed E-state index contributed by atoms with van der Waals surface area (Å²) >= 11 is 7.52. The molecule has 0 atom stereocenters. The van der Waals surface area contributed by atoms with E-state index in [1.54, 1.807) is 24.9 Å². The number of carbonyl (C=O) groups excluding carboxylic acids is 1. The SMILES string of the molecule is COc1ccc(Cl)cc1CSCC(=O)NC1CC1. The highest BCUT2D eigenvalue weighted by atomic mass is 35.5. The highest BCUT2D eigenvalue weighted by molar-refractivity contribution is 7.99. The molecule has 0 heterocycles. The molecule has 1 aromatic rings. The molecule has 3 nitrogen and oxygen atoms in total. The smallest absolute Gasteiger partial charge is 0.230 e. The first-order valence-corrected chi connectivity index (χ1v) is 7.42. The van der Waals surface area contributed by atoms with Crippen LogP contribution in [0.5, 0.6) is 5.75 Å². The molecule has 0 aliphatic heterocycles. The van der Waals surface area contributed by atoms with E-state index < -0.39 is 0 Å². The molecule has 0 unspecified atom stereocenters. The summed E-state index contributed by atoms with van der Waals surface area (Å²) in [6, 6.07) is 5.96. The van der Waals surface area contributed by atoms with E-state index in [0.29, 0.717) is 16.8 Å². The van der Waals surface area contributed by atoms with Crippen molar-refractivity contribution in [2.45, 2.75) is 24.6 Å². The highest BCUT2D eigenvalue weighted by Crippen LogP contribution is 2.26. The number of nitrogens with one attached hydrogen (secondary N) is 1. The first-order chi connectivity index (χ1) is 8.69. The summed E-state index contributed by atoms with van der Waals surface area (Å²) in [5, 5.41) is 3.65. The molecule has 2 rings (SSSR count). The first-order valence-electron chi connectivity index (χ1n) is 5.88. The van der Waals surface area contributed by atoms with Crippen molar-refractivity contribution >= 4 is 29.3 Å². The van der Waals surface area contributed by atoms with Crippen molar-refractivity contribution in [3.8, 4) is 5.75 Å². The fourth-order valence-corrected chi connectivity index (χ4v) is 2.62. The van der Waals surface area contributed by atoms with Crippen LogP contribution in [0, 0.1) is 0 Å². The molecule has 0 aromatic heterocycles. The molecule has 18 heavy (non-hydrogen) atoms. The number of amides is 1. The van der Waals surface area contributed by atoms with Crippen molar-refractivity contribution in [2.24, 2.45) is 0 Å². The van der Waals surface area contributed by atoms with Crippen LogP contribution in [0.1, 0.15) is 18.4 Å². The number of hydrogen-bond acceptors (Lipinski definition) is 3. The van der Waals surface area contributed by atoms with E-state index in [1.165, 1.54) is 0 Å². The summed E-state index contributed by atoms with van der Waals surface area (Å²) in [7, 11) is 1.64. The van der Waals surface area contributed by atoms with Crippen molar-refractivity contribution in [1.29, 1.82) is 0 Å². The van der Waals surface area contributed by atoms with E-state index in [1.807, 2.05) is 12.1 Å². The molecule has 1 aromatic carbocycles. The zero-order valence-electron chi connectivity index (χ0n) is 10.2. The summed E-state index contributed by atoms with van der Waals surface area (Å²) in [6.45, 7) is 0. The Hall–Kier alpha value is -0.870. The summed E-state index contributed by atoms with van der Waals surface area (Å²) < 4.78 is 5.26. The molecule has 0 bridgehead atoms. The Balaban J connectivity index is 1.81. The number of halogens is 1. The Morgan fingerprint density at radius 1 is 1.56 bits per heavy atom. The van der Waals surface area contributed by atoms with Gasteiger partial charge >= 0.3 is 0 Å². The lowest BCUT2D eigenvalue weighted by Crippen LogP contribution is -2.27. The second kappa shape index (κ2) is 6.34. The van der Waals surface area contributed by atoms with E-state index >= 15 is 0 Å². The third-order valence-corrected chi connectivity index (χ3v) is 3.89. The fourth-order valence-electron chi connectivity index (χ4n) is 1.61. The molecule has 98 valence electrons. The van der Waals surface area contributed by atoms with Crippen molar-refractivity contribution < 1.29 is 9.53 Å². The van der Waals surface area contributed by atoms with Gasteiger partial charge in [-0.3, -0.25) is 4.79 Å². The van der Waals surface area contributed by atoms with Crippen LogP contribution >= 0.6 is 23.4 Å². The van der Waals surface area contributed by atoms with Crippen LogP contribution in [0.15, 0.2) is 18.2 Å². The molecular weight excluding hydrogens is 270 g/mol. The minimum atomic E-state index is 0.114. The summed E-state index contributed by atoms with van der Waals surface area (Å²) in [4.78, 5) is 11.5. The standard InChI is InChI=1S/C13H16ClNO2S/c1-17-12-5-2-10(14)6-9(12)7-18-8-13(16)15-11-3-4-11/h2,5-6,11H,3-4,7-8H2,1H3,(H,15,16). The van der Waals surface area contributed by atoms with Crippen LogP contribution < -0.4 is 10.1 Å². The molecular formula is C13H16ClNO2S. The third kappa shape index (κ3) is 4.10. The van der Waals surface area contributed by atoms with Gasteiger partial charge < -0.3 is 10.1 Å². The van der Waals surface area contributed by atoms with Gasteiger partial charge in [-0.1, -0.05) is 11.6 Å². The molecule has 0 spiro atoms. The number of thioether (sulfide) groups is 1. The third-order valence-electron chi connectivity index (χ3n) is 2.68. The number of ether oxygens (including phenoxy) is 1. The predicted octanol–water partition coefficient (Wildman–Crippen LogP) is 2.86. The average molecular weight is 286 g/mol. The average Bonchev–Trinajstić information content (AvgIpc) is 3.13. The highest BCUT2D eigenvalue weighted by Gasteiger charge is 2.22. The van der Waals surface area contributed by atoms with Gasteiger partial charge in [0.1, 0.15) is 5.75 Å². The van der Waals surface area contributed by atoms with Crippen LogP contribution in [0.4, 0.5) is 0 Å². The van der Waals surface area contributed by atoms with E-state index in [4.69, 9.17) is 16.3 Å². The van der Waals surface area contributed by atoms with Gasteiger partial charge in [-0.05, 0) is 31.0 Å². The Labute approximate surface area is 116 Å². The summed E-state index contributed by atoms with van der Waals surface area (Å²) in [5.74, 6) is 2.13. The maximum absolute atomic E-state index is 11.5. The predicted molar refractivity (Wildman–Crippen MR) is 75.3 cm³/mol. The van der Waals surface area contributed by atoms with E-state index in [2.05, 4.69) is 5.32 Å². The van der Waals surface area contributed by atoms with Crippen molar-refractivity contribution in [1.82, 2.24) is 5.32 Å². The van der Waals surface area contributed by atoms with Gasteiger partial charge in [0.2, 0.25) is 5.91 Å². The van der Waals surface area contributed by atoms with Gasteiger partial charge in [0.25, 0.3) is 0 Å². The summed E-state index contributed by atoms with van der Waals surface area (Å²) in [5.41, 5.74) is 1.02. The lowest BCUT2D eigenvalue weighted by Gasteiger charge is -2.08. The molecule has 1 aliphatic rings. The molecule has 1 aliphatic carbocycles. The van der Waals surface area contributed by atoms with Crippen LogP contribution in [-0.2, 0) is 10.5 Å². The van der Waals surface area contributed by atoms with Gasteiger partial charge in [-0.2, -0.15) is 0 Å². The summed E-state index contributed by atoms with van der Waals surface area (Å²) in [6.07, 6.45) is 2.25. The molecule has 1 saturated carbocycles. The number of carbonyl (C=O) groups is 1. The van der Waals surface area contributed by atoms with Gasteiger partial charge in [0.15, 0.2) is 0 Å². The van der Waals surface area contributed by atoms with E-state index in [0.717, 1.165) is 29.9 Å². The van der Waals surface area contributed by atoms with E-state index in [-0.39, 0.29) is 5.91 Å². The van der Waals surface area contributed by atoms with Crippen LogP contribution in [0.25, 0.3) is 0 Å². The van der Waals surface area contributed by atoms with Crippen molar-refractivity contribution in [3.05, 3.63) is 28.8 Å². The molecule has 1 fully saturated rings. The maximum atomic E-state index is 11.5. The Morgan fingerprint density at radius 2 is 2.33 bits per heavy atom. The number of hydrogen-bond donors (Lipinski definition) is 1. The Kier molecular flexibility index (Phi) is 4.78. The fraction of sp³-hybridized carbons (Fsp3) is 0.462. The maximum Gasteiger partial charge on any atom is 0.230 e. The molecule has 0 saturated heterocycles. The molecule has 1 N–H and O–H groups in total. The topological polar surface area (TPSA) is 38.3 Å². The number of benzene rings is 1. The number of methoxy groups -OCH3 is 1. The lowest BCUT2D eigenvalue weighted by atomic mass is 10.2. The first kappa shape index (κ1) is 13.6. The molecule has 0 radical (unpaired) electrons. The number of rotatable bonds is 6. The van der Waals surface area contributed by atoms with Gasteiger partial charge in [0, 0.05) is 22.4 Å². The van der Waals surface area contributed by atoms with Gasteiger partial charge in [0.05, 0.1) is 12.9 Å². The molecule has 5 heteroatoms. The van der Waals surface area contributed by atoms with Crippen LogP contribution in [0.2, 0.25) is 5.02 Å². The van der Waals surface area contributed by atoms with Crippen LogP contribution in [0.3, 0.4) is 0 Å². The van der Waals surface area contributed by atoms with Crippen LogP contribution in [-0.4, -0.2) is 24.8 Å². The van der Waals surface area contributed by atoms with Crippen molar-refractivity contribution in [3.63, 3.8) is 0 Å². The van der Waals surface area contributed by atoms with Crippen molar-refractivity contribution in [2.75, 3.05) is 12.9 Å². The zero-order chi connectivity index (χ0) is 13.0. The quantitative estimate of drug-likeness (QED) is 0.873. The monoisotopic (exact) mass is 285 g/mol. The minimum absolute atomic E-state index is 0.114. The second-order valence-electron chi connectivity index (χ2n) is 4.29. The lowest BCUT2D eigenvalue weighted by molar-refractivity contribution is -0.118. The Bertz CT molecular complexity index is 435. The second-order valence-corrected chi connectivity index (χ2v) is 5.71. The van der Waals surface area contributed by atoms with Gasteiger partial charge in [-0.15, -0.1) is 11.8 Å². The van der Waals surface area contributed by atoms with E-state index in [9.17, 15) is 4.79 Å². The Morgan fingerprint density at radius 3 is 3.00 bits per heavy atom. The minimum Gasteiger partial charge on any atom is -0.496 e. The van der Waals surface area contributed by atoms with Gasteiger partial charge in [-0.25, -0.2) is 0 Å². The molecule has 1 amide bonds. The zero-order valence-corrected chi connectivity index (χ0v) is 11.8.